The zero-order valence-electron chi connectivity index (χ0n) is 17.5. The van der Waals surface area contributed by atoms with E-state index in [0.717, 1.165) is 48.0 Å². The van der Waals surface area contributed by atoms with E-state index in [-0.39, 0.29) is 12.1 Å². The number of hydrogen-bond acceptors (Lipinski definition) is 5. The lowest BCUT2D eigenvalue weighted by Gasteiger charge is -2.27. The molecule has 3 heterocycles. The van der Waals surface area contributed by atoms with Gasteiger partial charge in [-0.2, -0.15) is 0 Å². The van der Waals surface area contributed by atoms with E-state index in [1.165, 1.54) is 19.3 Å². The Labute approximate surface area is 177 Å². The maximum atomic E-state index is 12.4. The Morgan fingerprint density at radius 1 is 1.07 bits per heavy atom. The molecule has 0 saturated carbocycles. The fourth-order valence-corrected chi connectivity index (χ4v) is 3.79. The third-order valence-electron chi connectivity index (χ3n) is 5.56. The predicted octanol–water partition coefficient (Wildman–Crippen LogP) is 3.79. The highest BCUT2D eigenvalue weighted by Gasteiger charge is 2.15. The molecule has 7 nitrogen and oxygen atoms in total. The van der Waals surface area contributed by atoms with Gasteiger partial charge in [0.15, 0.2) is 11.5 Å². The highest BCUT2D eigenvalue weighted by Crippen LogP contribution is 2.32. The number of ether oxygens (including phenoxy) is 2. The third kappa shape index (κ3) is 5.14. The Bertz CT molecular complexity index is 850. The molecule has 160 valence electrons. The Morgan fingerprint density at radius 3 is 2.63 bits per heavy atom. The van der Waals surface area contributed by atoms with Crippen molar-refractivity contribution >= 4 is 11.8 Å². The van der Waals surface area contributed by atoms with Crippen molar-refractivity contribution in [3.8, 4) is 11.5 Å². The molecule has 1 aromatic carbocycles. The zero-order chi connectivity index (χ0) is 20.8. The molecule has 0 radical (unpaired) electrons. The SMILES string of the molecule is CC(NC(=O)NCc1ccc(N2CCCCC2)nc1)c1ccc2c(c1)OCCCO2. The quantitative estimate of drug-likeness (QED) is 0.784. The number of piperidine rings is 1. The summed E-state index contributed by atoms with van der Waals surface area (Å²) in [7, 11) is 0. The number of aromatic nitrogens is 1. The molecule has 0 aliphatic carbocycles. The van der Waals surface area contributed by atoms with Crippen LogP contribution in [0.1, 0.15) is 49.8 Å². The lowest BCUT2D eigenvalue weighted by Crippen LogP contribution is -2.36. The monoisotopic (exact) mass is 410 g/mol. The van der Waals surface area contributed by atoms with Crippen LogP contribution in [-0.4, -0.2) is 37.3 Å². The van der Waals surface area contributed by atoms with Gasteiger partial charge in [-0.05, 0) is 55.5 Å². The third-order valence-corrected chi connectivity index (χ3v) is 5.56. The van der Waals surface area contributed by atoms with Crippen molar-refractivity contribution in [2.75, 3.05) is 31.2 Å². The van der Waals surface area contributed by atoms with Crippen molar-refractivity contribution < 1.29 is 14.3 Å². The summed E-state index contributed by atoms with van der Waals surface area (Å²) in [5, 5.41) is 5.89. The molecule has 2 aliphatic heterocycles. The summed E-state index contributed by atoms with van der Waals surface area (Å²) in [6.45, 7) is 5.84. The molecule has 4 rings (SSSR count). The summed E-state index contributed by atoms with van der Waals surface area (Å²) >= 11 is 0. The van der Waals surface area contributed by atoms with Crippen LogP contribution < -0.4 is 25.0 Å². The number of pyridine rings is 1. The lowest BCUT2D eigenvalue weighted by atomic mass is 10.1. The molecule has 1 fully saturated rings. The van der Waals surface area contributed by atoms with Crippen LogP contribution in [0, 0.1) is 0 Å². The van der Waals surface area contributed by atoms with E-state index >= 15 is 0 Å². The second kappa shape index (κ2) is 9.69. The van der Waals surface area contributed by atoms with Crippen LogP contribution in [0.25, 0.3) is 0 Å². The minimum Gasteiger partial charge on any atom is -0.490 e. The lowest BCUT2D eigenvalue weighted by molar-refractivity contribution is 0.237. The molecule has 30 heavy (non-hydrogen) atoms. The number of hydrogen-bond donors (Lipinski definition) is 2. The smallest absolute Gasteiger partial charge is 0.315 e. The molecule has 1 aromatic heterocycles. The first-order valence-electron chi connectivity index (χ1n) is 10.8. The van der Waals surface area contributed by atoms with Gasteiger partial charge in [-0.15, -0.1) is 0 Å². The number of anilines is 1. The van der Waals surface area contributed by atoms with E-state index < -0.39 is 0 Å². The fourth-order valence-electron chi connectivity index (χ4n) is 3.79. The minimum absolute atomic E-state index is 0.151. The number of nitrogens with zero attached hydrogens (tertiary/aromatic N) is 2. The maximum absolute atomic E-state index is 12.4. The van der Waals surface area contributed by atoms with E-state index in [4.69, 9.17) is 9.47 Å². The second-order valence-corrected chi connectivity index (χ2v) is 7.88. The molecule has 0 spiro atoms. The molecule has 2 aromatic rings. The number of nitrogens with one attached hydrogen (secondary N) is 2. The summed E-state index contributed by atoms with van der Waals surface area (Å²) in [5.74, 6) is 2.51. The number of carbonyl (C=O) groups excluding carboxylic acids is 1. The van der Waals surface area contributed by atoms with Crippen LogP contribution in [0.15, 0.2) is 36.5 Å². The number of amides is 2. The second-order valence-electron chi connectivity index (χ2n) is 7.88. The Kier molecular flexibility index (Phi) is 6.57. The van der Waals surface area contributed by atoms with Gasteiger partial charge in [0.25, 0.3) is 0 Å². The van der Waals surface area contributed by atoms with Crippen molar-refractivity contribution in [3.63, 3.8) is 0 Å². The van der Waals surface area contributed by atoms with Gasteiger partial charge in [-0.3, -0.25) is 0 Å². The Balaban J connectivity index is 1.27. The van der Waals surface area contributed by atoms with Gasteiger partial charge in [0.2, 0.25) is 0 Å². The normalized spacial score (nSPS) is 17.0. The standard InChI is InChI=1S/C23H30N4O3/c1-17(19-7-8-20-21(14-19)30-13-5-12-29-20)26-23(28)25-16-18-6-9-22(24-15-18)27-10-3-2-4-11-27/h6-9,14-15,17H,2-5,10-13,16H2,1H3,(H2,25,26,28). The van der Waals surface area contributed by atoms with Gasteiger partial charge in [0, 0.05) is 32.3 Å². The first kappa shape index (κ1) is 20.3. The van der Waals surface area contributed by atoms with Crippen molar-refractivity contribution in [1.29, 1.82) is 0 Å². The van der Waals surface area contributed by atoms with Crippen LogP contribution in [0.4, 0.5) is 10.6 Å². The summed E-state index contributed by atoms with van der Waals surface area (Å²) < 4.78 is 11.4. The molecule has 2 aliphatic rings. The topological polar surface area (TPSA) is 75.7 Å². The summed E-state index contributed by atoms with van der Waals surface area (Å²) in [6.07, 6.45) is 6.48. The van der Waals surface area contributed by atoms with Gasteiger partial charge < -0.3 is 25.0 Å². The number of rotatable bonds is 5. The van der Waals surface area contributed by atoms with E-state index in [1.807, 2.05) is 43.5 Å². The predicted molar refractivity (Wildman–Crippen MR) is 116 cm³/mol. The van der Waals surface area contributed by atoms with Gasteiger partial charge >= 0.3 is 6.03 Å². The van der Waals surface area contributed by atoms with E-state index in [9.17, 15) is 4.79 Å². The van der Waals surface area contributed by atoms with Gasteiger partial charge in [-0.1, -0.05) is 12.1 Å². The van der Waals surface area contributed by atoms with E-state index in [2.05, 4.69) is 20.5 Å². The summed E-state index contributed by atoms with van der Waals surface area (Å²) in [4.78, 5) is 19.2. The molecule has 1 saturated heterocycles. The van der Waals surface area contributed by atoms with Crippen molar-refractivity contribution in [3.05, 3.63) is 47.7 Å². The molecule has 2 N–H and O–H groups in total. The highest BCUT2D eigenvalue weighted by molar-refractivity contribution is 5.74. The Hall–Kier alpha value is -2.96. The first-order valence-corrected chi connectivity index (χ1v) is 10.8. The van der Waals surface area contributed by atoms with Crippen molar-refractivity contribution in [2.45, 2.75) is 45.2 Å². The molecular weight excluding hydrogens is 380 g/mol. The van der Waals surface area contributed by atoms with Crippen LogP contribution in [0.2, 0.25) is 0 Å². The maximum Gasteiger partial charge on any atom is 0.315 e. The highest BCUT2D eigenvalue weighted by atomic mass is 16.5. The van der Waals surface area contributed by atoms with Crippen molar-refractivity contribution in [2.24, 2.45) is 0 Å². The molecular formula is C23H30N4O3. The summed E-state index contributed by atoms with van der Waals surface area (Å²) in [6, 6.07) is 9.51. The van der Waals surface area contributed by atoms with Crippen LogP contribution in [-0.2, 0) is 6.54 Å². The fraction of sp³-hybridized carbons (Fsp3) is 0.478. The number of benzene rings is 1. The van der Waals surface area contributed by atoms with Crippen LogP contribution in [0.3, 0.4) is 0 Å². The van der Waals surface area contributed by atoms with Gasteiger partial charge in [-0.25, -0.2) is 9.78 Å². The average molecular weight is 411 g/mol. The molecule has 7 heteroatoms. The molecule has 2 amide bonds. The molecule has 1 unspecified atom stereocenters. The van der Waals surface area contributed by atoms with Crippen LogP contribution in [0.5, 0.6) is 11.5 Å². The van der Waals surface area contributed by atoms with E-state index in [0.29, 0.717) is 19.8 Å². The number of carbonyl (C=O) groups is 1. The minimum atomic E-state index is -0.213. The van der Waals surface area contributed by atoms with Gasteiger partial charge in [0.1, 0.15) is 5.82 Å². The largest absolute Gasteiger partial charge is 0.490 e. The first-order chi connectivity index (χ1) is 14.7. The zero-order valence-corrected chi connectivity index (χ0v) is 17.5. The Morgan fingerprint density at radius 2 is 1.87 bits per heavy atom. The van der Waals surface area contributed by atoms with E-state index in [1.54, 1.807) is 0 Å². The van der Waals surface area contributed by atoms with Gasteiger partial charge in [0.05, 0.1) is 19.3 Å². The van der Waals surface area contributed by atoms with Crippen molar-refractivity contribution in [1.82, 2.24) is 15.6 Å². The summed E-state index contributed by atoms with van der Waals surface area (Å²) in [5.41, 5.74) is 1.95. The average Bonchev–Trinajstić information content (AvgIpc) is 3.03. The number of fused-ring (bicyclic) bond motifs is 1. The molecule has 1 atom stereocenters. The number of urea groups is 1. The van der Waals surface area contributed by atoms with Crippen LogP contribution >= 0.6 is 0 Å². The molecule has 0 bridgehead atoms.